The lowest BCUT2D eigenvalue weighted by Gasteiger charge is -2.05. The molecular weight excluding hydrogens is 288 g/mol. The molecule has 0 saturated heterocycles. The Morgan fingerprint density at radius 2 is 2.19 bits per heavy atom. The second-order valence-electron chi connectivity index (χ2n) is 3.34. The molecule has 0 amide bonds. The first-order valence-electron chi connectivity index (χ1n) is 4.67. The van der Waals surface area contributed by atoms with Gasteiger partial charge in [-0.1, -0.05) is 6.07 Å². The van der Waals surface area contributed by atoms with Crippen LogP contribution in [0, 0.1) is 6.92 Å². The molecule has 82 valence electrons. The maximum Gasteiger partial charge on any atom is 0.160 e. The molecule has 0 aliphatic carbocycles. The molecule has 0 atom stereocenters. The zero-order chi connectivity index (χ0) is 11.5. The lowest BCUT2D eigenvalue weighted by molar-refractivity contribution is 0.112. The molecule has 0 fully saturated rings. The van der Waals surface area contributed by atoms with Crippen molar-refractivity contribution in [2.45, 2.75) is 6.92 Å². The summed E-state index contributed by atoms with van der Waals surface area (Å²) >= 11 is 4.81. The second kappa shape index (κ2) is 4.80. The molecule has 0 aliphatic heterocycles. The average Bonchev–Trinajstić information content (AvgIpc) is 2.70. The third-order valence-corrected chi connectivity index (χ3v) is 3.48. The minimum Gasteiger partial charge on any atom is -0.455 e. The van der Waals surface area contributed by atoms with Crippen LogP contribution in [0.2, 0.25) is 0 Å². The molecule has 1 aromatic carbocycles. The molecule has 2 rings (SSSR count). The highest BCUT2D eigenvalue weighted by Crippen LogP contribution is 2.32. The molecule has 4 heteroatoms. The van der Waals surface area contributed by atoms with Crippen LogP contribution in [0.4, 0.5) is 0 Å². The van der Waals surface area contributed by atoms with Crippen molar-refractivity contribution in [3.8, 4) is 11.5 Å². The van der Waals surface area contributed by atoms with Crippen molar-refractivity contribution in [3.05, 3.63) is 44.6 Å². The minimum absolute atomic E-state index is 0.665. The summed E-state index contributed by atoms with van der Waals surface area (Å²) in [6.07, 6.45) is 0.821. The number of ether oxygens (including phenoxy) is 1. The molecular formula is C12H9BrO2S. The lowest BCUT2D eigenvalue weighted by Crippen LogP contribution is -1.84. The van der Waals surface area contributed by atoms with Gasteiger partial charge in [-0.15, -0.1) is 11.3 Å². The zero-order valence-electron chi connectivity index (χ0n) is 8.57. The van der Waals surface area contributed by atoms with E-state index in [0.717, 1.165) is 22.1 Å². The van der Waals surface area contributed by atoms with E-state index in [1.807, 2.05) is 30.5 Å². The summed E-state index contributed by atoms with van der Waals surface area (Å²) in [7, 11) is 0. The Balaban J connectivity index is 2.23. The third-order valence-electron chi connectivity index (χ3n) is 2.03. The van der Waals surface area contributed by atoms with Crippen LogP contribution < -0.4 is 4.74 Å². The number of carbonyl (C=O) groups excluding carboxylic acids is 1. The molecule has 0 N–H and O–H groups in total. The van der Waals surface area contributed by atoms with Crippen LogP contribution in [-0.4, -0.2) is 6.29 Å². The van der Waals surface area contributed by atoms with Crippen LogP contribution in [0.25, 0.3) is 0 Å². The first-order valence-corrected chi connectivity index (χ1v) is 6.34. The predicted molar refractivity (Wildman–Crippen MR) is 68.7 cm³/mol. The van der Waals surface area contributed by atoms with Crippen molar-refractivity contribution in [2.24, 2.45) is 0 Å². The molecule has 16 heavy (non-hydrogen) atoms. The van der Waals surface area contributed by atoms with Gasteiger partial charge >= 0.3 is 0 Å². The molecule has 0 bridgehead atoms. The first-order chi connectivity index (χ1) is 7.69. The van der Waals surface area contributed by atoms with E-state index in [1.54, 1.807) is 6.07 Å². The Morgan fingerprint density at radius 3 is 2.81 bits per heavy atom. The molecule has 0 aliphatic rings. The smallest absolute Gasteiger partial charge is 0.160 e. The fraction of sp³-hybridized carbons (Fsp3) is 0.0833. The summed E-state index contributed by atoms with van der Waals surface area (Å²) in [5.41, 5.74) is 1.16. The van der Waals surface area contributed by atoms with Crippen molar-refractivity contribution in [2.75, 3.05) is 0 Å². The maximum atomic E-state index is 10.5. The third kappa shape index (κ3) is 2.51. The van der Waals surface area contributed by atoms with Crippen molar-refractivity contribution in [3.63, 3.8) is 0 Å². The van der Waals surface area contributed by atoms with Gasteiger partial charge in [-0.3, -0.25) is 4.79 Å². The number of thiophene rings is 1. The van der Waals surface area contributed by atoms with Crippen molar-refractivity contribution in [1.82, 2.24) is 0 Å². The normalized spacial score (nSPS) is 10.1. The fourth-order valence-electron chi connectivity index (χ4n) is 1.27. The molecule has 2 nitrogen and oxygen atoms in total. The number of aldehydes is 1. The number of carbonyl (C=O) groups is 1. The van der Waals surface area contributed by atoms with Crippen LogP contribution in [0.1, 0.15) is 15.2 Å². The van der Waals surface area contributed by atoms with Crippen LogP contribution in [-0.2, 0) is 0 Å². The molecule has 1 aromatic heterocycles. The minimum atomic E-state index is 0.665. The predicted octanol–water partition coefficient (Wildman–Crippen LogP) is 4.42. The molecule has 2 aromatic rings. The van der Waals surface area contributed by atoms with Crippen LogP contribution in [0.3, 0.4) is 0 Å². The number of hydrogen-bond donors (Lipinski definition) is 0. The maximum absolute atomic E-state index is 10.5. The van der Waals surface area contributed by atoms with Gasteiger partial charge < -0.3 is 4.74 Å². The largest absolute Gasteiger partial charge is 0.455 e. The summed E-state index contributed by atoms with van der Waals surface area (Å²) in [5.74, 6) is 1.44. The van der Waals surface area contributed by atoms with Gasteiger partial charge in [-0.05, 0) is 40.5 Å². The summed E-state index contributed by atoms with van der Waals surface area (Å²) in [6, 6.07) is 7.59. The van der Waals surface area contributed by atoms with E-state index in [0.29, 0.717) is 10.6 Å². The van der Waals surface area contributed by atoms with E-state index < -0.39 is 0 Å². The highest BCUT2D eigenvalue weighted by atomic mass is 79.9. The standard InChI is InChI=1S/C12H9BrO2S/c1-8-2-3-12(11(13)4-8)15-9-5-10(6-14)16-7-9/h2-7H,1H3. The quantitative estimate of drug-likeness (QED) is 0.784. The van der Waals surface area contributed by atoms with Gasteiger partial charge in [0.15, 0.2) is 6.29 Å². The van der Waals surface area contributed by atoms with E-state index in [9.17, 15) is 4.79 Å². The monoisotopic (exact) mass is 296 g/mol. The zero-order valence-corrected chi connectivity index (χ0v) is 11.0. The Kier molecular flexibility index (Phi) is 3.41. The molecule has 1 heterocycles. The number of hydrogen-bond acceptors (Lipinski definition) is 3. The summed E-state index contributed by atoms with van der Waals surface area (Å²) < 4.78 is 6.56. The summed E-state index contributed by atoms with van der Waals surface area (Å²) in [4.78, 5) is 11.2. The highest BCUT2D eigenvalue weighted by molar-refractivity contribution is 9.10. The van der Waals surface area contributed by atoms with Gasteiger partial charge in [0.2, 0.25) is 0 Å². The van der Waals surface area contributed by atoms with Gasteiger partial charge in [0.1, 0.15) is 11.5 Å². The summed E-state index contributed by atoms with van der Waals surface area (Å²) in [5, 5.41) is 1.82. The Hall–Kier alpha value is -1.13. The number of rotatable bonds is 3. The van der Waals surface area contributed by atoms with Crippen LogP contribution in [0.15, 0.2) is 34.1 Å². The molecule has 0 saturated carbocycles. The number of halogens is 1. The van der Waals surface area contributed by atoms with E-state index in [2.05, 4.69) is 15.9 Å². The molecule has 0 radical (unpaired) electrons. The topological polar surface area (TPSA) is 26.3 Å². The fourth-order valence-corrected chi connectivity index (χ4v) is 2.45. The Morgan fingerprint density at radius 1 is 1.38 bits per heavy atom. The lowest BCUT2D eigenvalue weighted by atomic mass is 10.2. The van der Waals surface area contributed by atoms with Crippen LogP contribution in [0.5, 0.6) is 11.5 Å². The Labute approximate surface area is 106 Å². The summed E-state index contributed by atoms with van der Waals surface area (Å²) in [6.45, 7) is 2.02. The van der Waals surface area contributed by atoms with Gasteiger partial charge in [0, 0.05) is 11.4 Å². The van der Waals surface area contributed by atoms with Crippen LogP contribution >= 0.6 is 27.3 Å². The molecule has 0 unspecified atom stereocenters. The van der Waals surface area contributed by atoms with Gasteiger partial charge in [-0.2, -0.15) is 0 Å². The van der Waals surface area contributed by atoms with Gasteiger partial charge in [0.25, 0.3) is 0 Å². The second-order valence-corrected chi connectivity index (χ2v) is 5.14. The van der Waals surface area contributed by atoms with E-state index in [-0.39, 0.29) is 0 Å². The first kappa shape index (κ1) is 11.4. The number of aryl methyl sites for hydroxylation is 1. The number of benzene rings is 1. The Bertz CT molecular complexity index is 519. The van der Waals surface area contributed by atoms with Crippen molar-refractivity contribution in [1.29, 1.82) is 0 Å². The average molecular weight is 297 g/mol. The van der Waals surface area contributed by atoms with Gasteiger partial charge in [0.05, 0.1) is 9.35 Å². The highest BCUT2D eigenvalue weighted by Gasteiger charge is 2.05. The molecule has 0 spiro atoms. The van der Waals surface area contributed by atoms with E-state index in [1.165, 1.54) is 11.3 Å². The van der Waals surface area contributed by atoms with E-state index in [4.69, 9.17) is 4.74 Å². The SMILES string of the molecule is Cc1ccc(Oc2csc(C=O)c2)c(Br)c1. The van der Waals surface area contributed by atoms with E-state index >= 15 is 0 Å². The van der Waals surface area contributed by atoms with Gasteiger partial charge in [-0.25, -0.2) is 0 Å². The van der Waals surface area contributed by atoms with Crippen molar-refractivity contribution >= 4 is 33.6 Å². The van der Waals surface area contributed by atoms with Crippen molar-refractivity contribution < 1.29 is 9.53 Å².